The van der Waals surface area contributed by atoms with Crippen LogP contribution in [0.3, 0.4) is 0 Å². The number of carbonyl (C=O) groups excluding carboxylic acids is 1. The predicted molar refractivity (Wildman–Crippen MR) is 100.0 cm³/mol. The number of carbonyl (C=O) groups is 1. The molecule has 2 aromatic carbocycles. The fourth-order valence-corrected chi connectivity index (χ4v) is 2.82. The molecule has 1 aromatic heterocycles. The first-order valence-electron chi connectivity index (χ1n) is 8.65. The number of nitrogens with one attached hydrogen (secondary N) is 1. The van der Waals surface area contributed by atoms with Gasteiger partial charge in [-0.3, -0.25) is 4.79 Å². The Labute approximate surface area is 157 Å². The summed E-state index contributed by atoms with van der Waals surface area (Å²) in [5, 5.41) is 20.3. The van der Waals surface area contributed by atoms with E-state index in [-0.39, 0.29) is 12.5 Å². The number of aromatic nitrogens is 3. The molecule has 1 amide bonds. The van der Waals surface area contributed by atoms with Crippen molar-refractivity contribution in [1.29, 1.82) is 0 Å². The van der Waals surface area contributed by atoms with Crippen LogP contribution in [0.5, 0.6) is 5.75 Å². The minimum absolute atomic E-state index is 0.185. The molecule has 7 nitrogen and oxygen atoms in total. The molecule has 0 aliphatic carbocycles. The lowest BCUT2D eigenvalue weighted by Gasteiger charge is -2.19. The van der Waals surface area contributed by atoms with Crippen LogP contribution in [0.15, 0.2) is 60.8 Å². The highest BCUT2D eigenvalue weighted by Crippen LogP contribution is 2.17. The Hall–Kier alpha value is -3.19. The standard InChI is InChI=1S/C20H22N4O3/c1-27-18-9-7-16(8-10-18)12-21-20(26)19(11-15-5-3-2-4-6-15)24-17(14-25)13-22-23-24/h2-10,13,19,25H,11-12,14H2,1H3,(H,21,26)/t19-/m0/s1. The molecule has 0 unspecified atom stereocenters. The molecule has 2 N–H and O–H groups in total. The van der Waals surface area contributed by atoms with Crippen molar-refractivity contribution in [2.75, 3.05) is 7.11 Å². The van der Waals surface area contributed by atoms with Crippen LogP contribution in [0.2, 0.25) is 0 Å². The van der Waals surface area contributed by atoms with E-state index in [9.17, 15) is 9.90 Å². The zero-order valence-corrected chi connectivity index (χ0v) is 15.1. The second-order valence-corrected chi connectivity index (χ2v) is 6.10. The third-order valence-corrected chi connectivity index (χ3v) is 4.31. The lowest BCUT2D eigenvalue weighted by Crippen LogP contribution is -2.35. The van der Waals surface area contributed by atoms with Crippen LogP contribution in [0.1, 0.15) is 22.9 Å². The number of hydrogen-bond acceptors (Lipinski definition) is 5. The number of nitrogens with zero attached hydrogens (tertiary/aromatic N) is 3. The van der Waals surface area contributed by atoms with Gasteiger partial charge >= 0.3 is 0 Å². The SMILES string of the molecule is COc1ccc(CNC(=O)[C@H](Cc2ccccc2)n2nncc2CO)cc1. The van der Waals surface area contributed by atoms with Crippen molar-refractivity contribution < 1.29 is 14.6 Å². The highest BCUT2D eigenvalue weighted by molar-refractivity contribution is 5.80. The molecule has 0 radical (unpaired) electrons. The van der Waals surface area contributed by atoms with Crippen LogP contribution in [0.25, 0.3) is 0 Å². The Morgan fingerprint density at radius 2 is 1.89 bits per heavy atom. The van der Waals surface area contributed by atoms with Gasteiger partial charge in [-0.05, 0) is 23.3 Å². The maximum Gasteiger partial charge on any atom is 0.245 e. The Kier molecular flexibility index (Phi) is 6.17. The number of hydrogen-bond donors (Lipinski definition) is 2. The van der Waals surface area contributed by atoms with Gasteiger partial charge in [0.2, 0.25) is 5.91 Å². The molecule has 0 bridgehead atoms. The molecular formula is C20H22N4O3. The molecule has 0 saturated heterocycles. The number of aliphatic hydroxyl groups is 1. The molecule has 7 heteroatoms. The molecule has 0 aliphatic heterocycles. The second-order valence-electron chi connectivity index (χ2n) is 6.10. The first kappa shape index (κ1) is 18.6. The van der Waals surface area contributed by atoms with Crippen molar-refractivity contribution in [3.8, 4) is 5.75 Å². The van der Waals surface area contributed by atoms with E-state index in [1.54, 1.807) is 7.11 Å². The van der Waals surface area contributed by atoms with Crippen LogP contribution < -0.4 is 10.1 Å². The molecule has 140 valence electrons. The highest BCUT2D eigenvalue weighted by Gasteiger charge is 2.24. The molecule has 3 rings (SSSR count). The fourth-order valence-electron chi connectivity index (χ4n) is 2.82. The number of benzene rings is 2. The summed E-state index contributed by atoms with van der Waals surface area (Å²) in [6, 6.07) is 16.6. The molecule has 0 saturated carbocycles. The molecule has 1 heterocycles. The fraction of sp³-hybridized carbons (Fsp3) is 0.250. The molecule has 0 fully saturated rings. The molecule has 27 heavy (non-hydrogen) atoms. The Morgan fingerprint density at radius 3 is 2.56 bits per heavy atom. The summed E-state index contributed by atoms with van der Waals surface area (Å²) in [7, 11) is 1.61. The molecular weight excluding hydrogens is 344 g/mol. The van der Waals surface area contributed by atoms with E-state index in [1.165, 1.54) is 10.9 Å². The number of aliphatic hydroxyl groups excluding tert-OH is 1. The lowest BCUT2D eigenvalue weighted by molar-refractivity contribution is -0.124. The van der Waals surface area contributed by atoms with Gasteiger partial charge in [-0.1, -0.05) is 47.7 Å². The van der Waals surface area contributed by atoms with E-state index in [2.05, 4.69) is 15.6 Å². The quantitative estimate of drug-likeness (QED) is 0.635. The van der Waals surface area contributed by atoms with Crippen molar-refractivity contribution >= 4 is 5.91 Å². The number of amides is 1. The normalized spacial score (nSPS) is 11.8. The number of rotatable bonds is 8. The van der Waals surface area contributed by atoms with Crippen molar-refractivity contribution in [2.45, 2.75) is 25.6 Å². The molecule has 0 aliphatic rings. The highest BCUT2D eigenvalue weighted by atomic mass is 16.5. The summed E-state index contributed by atoms with van der Waals surface area (Å²) in [6.45, 7) is 0.154. The van der Waals surface area contributed by atoms with E-state index in [4.69, 9.17) is 4.74 Å². The maximum absolute atomic E-state index is 12.9. The Bertz CT molecular complexity index is 862. The predicted octanol–water partition coefficient (Wildman–Crippen LogP) is 1.88. The van der Waals surface area contributed by atoms with E-state index in [1.807, 2.05) is 54.6 Å². The minimum atomic E-state index is -0.602. The van der Waals surface area contributed by atoms with Gasteiger partial charge in [-0.25, -0.2) is 4.68 Å². The van der Waals surface area contributed by atoms with E-state index >= 15 is 0 Å². The average Bonchev–Trinajstić information content (AvgIpc) is 3.20. The van der Waals surface area contributed by atoms with Gasteiger partial charge in [-0.15, -0.1) is 5.10 Å². The van der Waals surface area contributed by atoms with Gasteiger partial charge in [-0.2, -0.15) is 0 Å². The smallest absolute Gasteiger partial charge is 0.245 e. The van der Waals surface area contributed by atoms with Crippen LogP contribution in [-0.4, -0.2) is 33.1 Å². The third-order valence-electron chi connectivity index (χ3n) is 4.31. The summed E-state index contributed by atoms with van der Waals surface area (Å²) in [5.74, 6) is 0.581. The number of methoxy groups -OCH3 is 1. The summed E-state index contributed by atoms with van der Waals surface area (Å²) >= 11 is 0. The van der Waals surface area contributed by atoms with Crippen LogP contribution >= 0.6 is 0 Å². The van der Waals surface area contributed by atoms with Crippen molar-refractivity contribution in [2.24, 2.45) is 0 Å². The van der Waals surface area contributed by atoms with Crippen LogP contribution in [0.4, 0.5) is 0 Å². The van der Waals surface area contributed by atoms with Crippen molar-refractivity contribution in [1.82, 2.24) is 20.3 Å². The first-order chi connectivity index (χ1) is 13.2. The van der Waals surface area contributed by atoms with Gasteiger partial charge in [0.05, 0.1) is 25.6 Å². The van der Waals surface area contributed by atoms with Crippen molar-refractivity contribution in [3.05, 3.63) is 77.6 Å². The summed E-state index contributed by atoms with van der Waals surface area (Å²) in [4.78, 5) is 12.9. The summed E-state index contributed by atoms with van der Waals surface area (Å²) in [5.41, 5.74) is 2.46. The minimum Gasteiger partial charge on any atom is -0.497 e. The van der Waals surface area contributed by atoms with Gasteiger partial charge in [0.15, 0.2) is 0 Å². The van der Waals surface area contributed by atoms with Gasteiger partial charge in [0, 0.05) is 13.0 Å². The maximum atomic E-state index is 12.9. The van der Waals surface area contributed by atoms with E-state index < -0.39 is 6.04 Å². The van der Waals surface area contributed by atoms with E-state index in [0.29, 0.717) is 18.7 Å². The Balaban J connectivity index is 1.75. The van der Waals surface area contributed by atoms with Crippen LogP contribution in [0, 0.1) is 0 Å². The second kappa shape index (κ2) is 8.95. The zero-order valence-electron chi connectivity index (χ0n) is 15.1. The molecule has 0 spiro atoms. The molecule has 3 aromatic rings. The Morgan fingerprint density at radius 1 is 1.15 bits per heavy atom. The number of ether oxygens (including phenoxy) is 1. The third kappa shape index (κ3) is 4.71. The zero-order chi connectivity index (χ0) is 19.1. The lowest BCUT2D eigenvalue weighted by atomic mass is 10.0. The monoisotopic (exact) mass is 366 g/mol. The topological polar surface area (TPSA) is 89.3 Å². The van der Waals surface area contributed by atoms with Gasteiger partial charge < -0.3 is 15.2 Å². The first-order valence-corrected chi connectivity index (χ1v) is 8.65. The van der Waals surface area contributed by atoms with E-state index in [0.717, 1.165) is 16.9 Å². The van der Waals surface area contributed by atoms with Gasteiger partial charge in [0.1, 0.15) is 11.8 Å². The molecule has 1 atom stereocenters. The average molecular weight is 366 g/mol. The summed E-state index contributed by atoms with van der Waals surface area (Å²) in [6.07, 6.45) is 1.92. The largest absolute Gasteiger partial charge is 0.497 e. The van der Waals surface area contributed by atoms with Crippen molar-refractivity contribution in [3.63, 3.8) is 0 Å². The summed E-state index contributed by atoms with van der Waals surface area (Å²) < 4.78 is 6.63. The van der Waals surface area contributed by atoms with Gasteiger partial charge in [0.25, 0.3) is 0 Å². The van der Waals surface area contributed by atoms with Crippen LogP contribution in [-0.2, 0) is 24.4 Å².